The number of piperazine rings is 1. The fraction of sp³-hybridized carbons (Fsp3) is 0.370. The summed E-state index contributed by atoms with van der Waals surface area (Å²) >= 11 is 0. The molecule has 0 radical (unpaired) electrons. The van der Waals surface area contributed by atoms with Crippen molar-refractivity contribution in [2.24, 2.45) is 15.7 Å². The van der Waals surface area contributed by atoms with Crippen molar-refractivity contribution in [3.8, 4) is 0 Å². The summed E-state index contributed by atoms with van der Waals surface area (Å²) in [4.78, 5) is 24.1. The maximum atomic E-state index is 12.9. The Balaban J connectivity index is 1.60. The summed E-state index contributed by atoms with van der Waals surface area (Å²) in [5, 5.41) is 9.41. The SMILES string of the molecule is CNCC(=CN)N=CC=NC(C)c1cccc(NC(=O)c2ccc(CN3CCNCC3)c(C)c2)c1. The van der Waals surface area contributed by atoms with Gasteiger partial charge in [0.2, 0.25) is 0 Å². The first kappa shape index (κ1) is 26.3. The van der Waals surface area contributed by atoms with Crippen LogP contribution < -0.4 is 21.7 Å². The topological polar surface area (TPSA) is 107 Å². The number of benzene rings is 2. The first-order valence-corrected chi connectivity index (χ1v) is 12.0. The van der Waals surface area contributed by atoms with Crippen LogP contribution in [0, 0.1) is 6.92 Å². The second-order valence-electron chi connectivity index (χ2n) is 8.69. The molecule has 1 amide bonds. The van der Waals surface area contributed by atoms with E-state index in [9.17, 15) is 4.79 Å². The average Bonchev–Trinajstić information content (AvgIpc) is 2.87. The van der Waals surface area contributed by atoms with Gasteiger partial charge in [0.25, 0.3) is 5.91 Å². The van der Waals surface area contributed by atoms with Gasteiger partial charge in [-0.15, -0.1) is 0 Å². The normalized spacial score (nSPS) is 16.1. The molecule has 0 aliphatic carbocycles. The molecular weight excluding hydrogens is 438 g/mol. The predicted octanol–water partition coefficient (Wildman–Crippen LogP) is 2.87. The second-order valence-corrected chi connectivity index (χ2v) is 8.69. The lowest BCUT2D eigenvalue weighted by Crippen LogP contribution is -2.43. The van der Waals surface area contributed by atoms with Gasteiger partial charge in [0, 0.05) is 69.1 Å². The van der Waals surface area contributed by atoms with E-state index in [1.807, 2.05) is 50.4 Å². The number of amides is 1. The smallest absolute Gasteiger partial charge is 0.255 e. The van der Waals surface area contributed by atoms with Crippen LogP contribution in [-0.2, 0) is 6.54 Å². The highest BCUT2D eigenvalue weighted by Gasteiger charge is 2.13. The fourth-order valence-electron chi connectivity index (χ4n) is 3.92. The molecule has 1 saturated heterocycles. The zero-order chi connectivity index (χ0) is 25.0. The molecule has 186 valence electrons. The zero-order valence-electron chi connectivity index (χ0n) is 20.9. The first-order chi connectivity index (χ1) is 17.0. The van der Waals surface area contributed by atoms with Crippen LogP contribution in [0.3, 0.4) is 0 Å². The highest BCUT2D eigenvalue weighted by Crippen LogP contribution is 2.21. The summed E-state index contributed by atoms with van der Waals surface area (Å²) in [7, 11) is 1.84. The van der Waals surface area contributed by atoms with E-state index in [4.69, 9.17) is 5.73 Å². The molecule has 2 aromatic carbocycles. The molecule has 5 N–H and O–H groups in total. The molecule has 3 rings (SSSR count). The van der Waals surface area contributed by atoms with Crippen LogP contribution in [0.4, 0.5) is 5.69 Å². The van der Waals surface area contributed by atoms with E-state index in [-0.39, 0.29) is 11.9 Å². The van der Waals surface area contributed by atoms with Gasteiger partial charge in [-0.1, -0.05) is 18.2 Å². The van der Waals surface area contributed by atoms with Crippen molar-refractivity contribution in [2.45, 2.75) is 26.4 Å². The maximum absolute atomic E-state index is 12.9. The Morgan fingerprint density at radius 3 is 2.71 bits per heavy atom. The van der Waals surface area contributed by atoms with Gasteiger partial charge in [-0.05, 0) is 61.9 Å². The number of carbonyl (C=O) groups is 1. The van der Waals surface area contributed by atoms with Crippen molar-refractivity contribution in [1.29, 1.82) is 0 Å². The van der Waals surface area contributed by atoms with E-state index < -0.39 is 0 Å². The Labute approximate surface area is 208 Å². The Bertz CT molecular complexity index is 1070. The molecular formula is C27H37N7O. The Morgan fingerprint density at radius 2 is 2.00 bits per heavy atom. The molecule has 8 heteroatoms. The van der Waals surface area contributed by atoms with Gasteiger partial charge in [-0.25, -0.2) is 0 Å². The van der Waals surface area contributed by atoms with Crippen molar-refractivity contribution >= 4 is 24.0 Å². The lowest BCUT2D eigenvalue weighted by molar-refractivity contribution is 0.102. The molecule has 1 fully saturated rings. The number of hydrogen-bond acceptors (Lipinski definition) is 7. The standard InChI is InChI=1S/C27H37N7O/c1-20-15-23(7-8-24(20)19-34-13-11-30-12-14-34)27(35)33-25-6-4-5-22(16-25)21(2)31-9-10-32-26(17-28)18-29-3/h4-10,15-17,21,29-30H,11-14,18-19,28H2,1-3H3,(H,33,35). The number of nitrogens with one attached hydrogen (secondary N) is 3. The highest BCUT2D eigenvalue weighted by atomic mass is 16.1. The Kier molecular flexibility index (Phi) is 10.2. The number of likely N-dealkylation sites (N-methyl/N-ethyl adjacent to an activating group) is 1. The van der Waals surface area contributed by atoms with Gasteiger partial charge in [0.15, 0.2) is 0 Å². The van der Waals surface area contributed by atoms with Crippen molar-refractivity contribution in [3.63, 3.8) is 0 Å². The Morgan fingerprint density at radius 1 is 1.20 bits per heavy atom. The first-order valence-electron chi connectivity index (χ1n) is 12.0. The Hall–Kier alpha value is -3.33. The predicted molar refractivity (Wildman–Crippen MR) is 145 cm³/mol. The van der Waals surface area contributed by atoms with Gasteiger partial charge < -0.3 is 21.7 Å². The summed E-state index contributed by atoms with van der Waals surface area (Å²) in [6, 6.07) is 13.6. The lowest BCUT2D eigenvalue weighted by Gasteiger charge is -2.27. The summed E-state index contributed by atoms with van der Waals surface area (Å²) in [6.45, 7) is 9.74. The second kappa shape index (κ2) is 13.5. The van der Waals surface area contributed by atoms with Crippen LogP contribution in [0.25, 0.3) is 0 Å². The number of nitrogens with two attached hydrogens (primary N) is 1. The molecule has 2 aromatic rings. The van der Waals surface area contributed by atoms with Crippen LogP contribution in [0.1, 0.15) is 40.0 Å². The third kappa shape index (κ3) is 8.13. The van der Waals surface area contributed by atoms with Gasteiger partial charge in [-0.2, -0.15) is 0 Å². The minimum atomic E-state index is -0.118. The van der Waals surface area contributed by atoms with Crippen molar-refractivity contribution in [3.05, 3.63) is 76.6 Å². The highest BCUT2D eigenvalue weighted by molar-refractivity contribution is 6.16. The molecule has 0 bridgehead atoms. The molecule has 1 aliphatic heterocycles. The molecule has 0 aromatic heterocycles. The number of anilines is 1. The number of aliphatic imine (C=N–C) groups is 2. The van der Waals surface area contributed by atoms with E-state index >= 15 is 0 Å². The van der Waals surface area contributed by atoms with Gasteiger partial charge in [-0.3, -0.25) is 19.7 Å². The van der Waals surface area contributed by atoms with E-state index in [0.717, 1.165) is 55.2 Å². The molecule has 0 saturated carbocycles. The quantitative estimate of drug-likeness (QED) is 0.395. The largest absolute Gasteiger partial charge is 0.403 e. The third-order valence-corrected chi connectivity index (χ3v) is 6.00. The van der Waals surface area contributed by atoms with E-state index in [1.165, 1.54) is 11.8 Å². The molecule has 8 nitrogen and oxygen atoms in total. The number of carbonyl (C=O) groups excluding carboxylic acids is 1. The summed E-state index contributed by atoms with van der Waals surface area (Å²) in [5.74, 6) is -0.118. The van der Waals surface area contributed by atoms with Crippen LogP contribution in [0.2, 0.25) is 0 Å². The molecule has 1 aliphatic rings. The van der Waals surface area contributed by atoms with Crippen LogP contribution in [-0.4, -0.2) is 63.0 Å². The van der Waals surface area contributed by atoms with Gasteiger partial charge in [0.05, 0.1) is 11.7 Å². The summed E-state index contributed by atoms with van der Waals surface area (Å²) in [5.41, 5.74) is 11.1. The van der Waals surface area contributed by atoms with E-state index in [2.05, 4.69) is 43.8 Å². The van der Waals surface area contributed by atoms with Crippen molar-refractivity contribution < 1.29 is 4.79 Å². The third-order valence-electron chi connectivity index (χ3n) is 6.00. The van der Waals surface area contributed by atoms with Crippen LogP contribution in [0.5, 0.6) is 0 Å². The summed E-state index contributed by atoms with van der Waals surface area (Å²) in [6.07, 6.45) is 4.77. The average molecular weight is 476 g/mol. The summed E-state index contributed by atoms with van der Waals surface area (Å²) < 4.78 is 0. The van der Waals surface area contributed by atoms with Gasteiger partial charge in [0.1, 0.15) is 0 Å². The number of rotatable bonds is 10. The van der Waals surface area contributed by atoms with Gasteiger partial charge >= 0.3 is 0 Å². The molecule has 0 spiro atoms. The van der Waals surface area contributed by atoms with E-state index in [0.29, 0.717) is 12.1 Å². The maximum Gasteiger partial charge on any atom is 0.255 e. The minimum absolute atomic E-state index is 0.0839. The van der Waals surface area contributed by atoms with Crippen molar-refractivity contribution in [1.82, 2.24) is 15.5 Å². The van der Waals surface area contributed by atoms with Crippen molar-refractivity contribution in [2.75, 3.05) is 45.1 Å². The van der Waals surface area contributed by atoms with Crippen LogP contribution >= 0.6 is 0 Å². The number of nitrogens with zero attached hydrogens (tertiary/aromatic N) is 3. The fourth-order valence-corrected chi connectivity index (χ4v) is 3.92. The zero-order valence-corrected chi connectivity index (χ0v) is 20.9. The minimum Gasteiger partial charge on any atom is -0.403 e. The van der Waals surface area contributed by atoms with Crippen LogP contribution in [0.15, 0.2) is 64.3 Å². The molecule has 1 atom stereocenters. The molecule has 35 heavy (non-hydrogen) atoms. The molecule has 1 heterocycles. The molecule has 1 unspecified atom stereocenters. The van der Waals surface area contributed by atoms with E-state index in [1.54, 1.807) is 12.4 Å². The monoisotopic (exact) mass is 475 g/mol. The number of aryl methyl sites for hydroxylation is 1. The lowest BCUT2D eigenvalue weighted by atomic mass is 10.0. The number of hydrogen-bond donors (Lipinski definition) is 4.